The third kappa shape index (κ3) is 2.73. The zero-order valence-electron chi connectivity index (χ0n) is 15.4. The lowest BCUT2D eigenvalue weighted by molar-refractivity contribution is 1.79. The van der Waals surface area contributed by atoms with E-state index in [-0.39, 0.29) is 0 Å². The second kappa shape index (κ2) is 6.46. The summed E-state index contributed by atoms with van der Waals surface area (Å²) in [5.74, 6) is 0. The Bertz CT molecular complexity index is 1580. The van der Waals surface area contributed by atoms with Crippen molar-refractivity contribution in [2.75, 3.05) is 0 Å². The van der Waals surface area contributed by atoms with Crippen LogP contribution >= 0.6 is 22.2 Å². The Kier molecular flexibility index (Phi) is 3.85. The first-order valence-electron chi connectivity index (χ1n) is 9.57. The fraction of sp³-hybridized carbons (Fsp3) is 0. The molecule has 6 rings (SSSR count). The molecule has 0 aliphatic rings. The van der Waals surface area contributed by atoms with Gasteiger partial charge in [-0.2, -0.15) is 0 Å². The van der Waals surface area contributed by atoms with Gasteiger partial charge in [0.1, 0.15) is 0 Å². The molecule has 0 aliphatic carbocycles. The standard InChI is InChI=1S/C26H15Cl2Si/c27-29(28)26-7-3-6-18-12-19-8-9-20-13-21-10-16-4-1-2-5-17(16)11-22(21)14-23(20)24(19)15-25(18)26/h1-15H. The van der Waals surface area contributed by atoms with Gasteiger partial charge < -0.3 is 0 Å². The number of benzene rings is 6. The Labute approximate surface area is 179 Å². The van der Waals surface area contributed by atoms with E-state index in [1.165, 1.54) is 48.5 Å². The van der Waals surface area contributed by atoms with Crippen LogP contribution in [0.1, 0.15) is 0 Å². The predicted molar refractivity (Wildman–Crippen MR) is 131 cm³/mol. The van der Waals surface area contributed by atoms with E-state index in [9.17, 15) is 0 Å². The minimum Gasteiger partial charge on any atom is -0.140 e. The van der Waals surface area contributed by atoms with Gasteiger partial charge in [-0.3, -0.25) is 0 Å². The molecular weight excluding hydrogens is 411 g/mol. The summed E-state index contributed by atoms with van der Waals surface area (Å²) in [6.07, 6.45) is 0. The Hall–Kier alpha value is -2.58. The third-order valence-corrected chi connectivity index (χ3v) is 7.92. The zero-order chi connectivity index (χ0) is 19.5. The van der Waals surface area contributed by atoms with Crippen LogP contribution < -0.4 is 5.19 Å². The van der Waals surface area contributed by atoms with Gasteiger partial charge in [-0.05, 0) is 95.4 Å². The van der Waals surface area contributed by atoms with E-state index in [1.807, 2.05) is 6.07 Å². The molecule has 6 aromatic rings. The molecule has 1 radical (unpaired) electrons. The van der Waals surface area contributed by atoms with Crippen LogP contribution in [0.3, 0.4) is 0 Å². The van der Waals surface area contributed by atoms with E-state index < -0.39 is 7.42 Å². The summed E-state index contributed by atoms with van der Waals surface area (Å²) in [5, 5.41) is 13.5. The molecule has 0 fully saturated rings. The molecule has 0 saturated carbocycles. The van der Waals surface area contributed by atoms with Crippen LogP contribution in [0.5, 0.6) is 0 Å². The maximum Gasteiger partial charge on any atom is 0.307 e. The van der Waals surface area contributed by atoms with Crippen LogP contribution in [0.2, 0.25) is 0 Å². The Morgan fingerprint density at radius 3 is 1.62 bits per heavy atom. The van der Waals surface area contributed by atoms with Crippen LogP contribution in [-0.4, -0.2) is 7.42 Å². The quantitative estimate of drug-likeness (QED) is 0.110. The summed E-state index contributed by atoms with van der Waals surface area (Å²) in [6.45, 7) is 0. The highest BCUT2D eigenvalue weighted by Crippen LogP contribution is 2.33. The molecule has 137 valence electrons. The van der Waals surface area contributed by atoms with Gasteiger partial charge >= 0.3 is 7.42 Å². The largest absolute Gasteiger partial charge is 0.307 e. The summed E-state index contributed by atoms with van der Waals surface area (Å²) in [7, 11) is -1.57. The Morgan fingerprint density at radius 2 is 0.931 bits per heavy atom. The normalized spacial score (nSPS) is 12.1. The van der Waals surface area contributed by atoms with Crippen LogP contribution in [0.15, 0.2) is 91.0 Å². The molecule has 6 aromatic carbocycles. The lowest BCUT2D eigenvalue weighted by Crippen LogP contribution is -2.18. The van der Waals surface area contributed by atoms with Gasteiger partial charge in [0, 0.05) is 0 Å². The highest BCUT2D eigenvalue weighted by Gasteiger charge is 2.13. The first-order valence-corrected chi connectivity index (χ1v) is 13.1. The molecule has 0 nitrogen and oxygen atoms in total. The van der Waals surface area contributed by atoms with Crippen LogP contribution in [0, 0.1) is 0 Å². The third-order valence-electron chi connectivity index (χ3n) is 5.86. The van der Waals surface area contributed by atoms with Crippen molar-refractivity contribution in [1.29, 1.82) is 0 Å². The zero-order valence-corrected chi connectivity index (χ0v) is 17.9. The maximum absolute atomic E-state index is 6.35. The summed E-state index contributed by atoms with van der Waals surface area (Å²) in [5.41, 5.74) is 0. The van der Waals surface area contributed by atoms with E-state index in [1.54, 1.807) is 0 Å². The first kappa shape index (κ1) is 17.3. The monoisotopic (exact) mass is 425 g/mol. The second-order valence-corrected chi connectivity index (χ2v) is 11.5. The molecule has 0 heterocycles. The fourth-order valence-corrected chi connectivity index (χ4v) is 6.07. The Balaban J connectivity index is 1.75. The SMILES string of the molecule is Cl[Si](Cl)c1cccc2cc3ccc4cc5cc6ccccc6cc5cc4c3cc12. The average Bonchev–Trinajstić information content (AvgIpc) is 2.74. The molecule has 0 amide bonds. The first-order chi connectivity index (χ1) is 14.2. The highest BCUT2D eigenvalue weighted by atomic mass is 35.7. The van der Waals surface area contributed by atoms with E-state index in [0.29, 0.717) is 0 Å². The predicted octanol–water partition coefficient (Wildman–Crippen LogP) is 7.63. The van der Waals surface area contributed by atoms with Gasteiger partial charge in [-0.15, -0.1) is 22.2 Å². The van der Waals surface area contributed by atoms with Crippen molar-refractivity contribution < 1.29 is 0 Å². The van der Waals surface area contributed by atoms with E-state index in [2.05, 4.69) is 84.9 Å². The molecule has 0 saturated heterocycles. The van der Waals surface area contributed by atoms with Crippen molar-refractivity contribution in [2.24, 2.45) is 0 Å². The van der Waals surface area contributed by atoms with Crippen molar-refractivity contribution >= 4 is 88.6 Å². The van der Waals surface area contributed by atoms with Gasteiger partial charge in [0.15, 0.2) is 0 Å². The molecule has 0 spiro atoms. The number of rotatable bonds is 1. The number of fused-ring (bicyclic) bond motifs is 6. The maximum atomic E-state index is 6.35. The van der Waals surface area contributed by atoms with Crippen molar-refractivity contribution in [2.45, 2.75) is 0 Å². The van der Waals surface area contributed by atoms with Gasteiger partial charge in [0.05, 0.1) is 0 Å². The molecule has 3 heteroatoms. The van der Waals surface area contributed by atoms with E-state index >= 15 is 0 Å². The number of hydrogen-bond acceptors (Lipinski definition) is 0. The van der Waals surface area contributed by atoms with Crippen LogP contribution in [0.25, 0.3) is 53.9 Å². The molecule has 0 bridgehead atoms. The highest BCUT2D eigenvalue weighted by molar-refractivity contribution is 7.40. The van der Waals surface area contributed by atoms with Crippen molar-refractivity contribution in [3.05, 3.63) is 91.0 Å². The average molecular weight is 426 g/mol. The van der Waals surface area contributed by atoms with Crippen LogP contribution in [-0.2, 0) is 0 Å². The van der Waals surface area contributed by atoms with Crippen molar-refractivity contribution in [3.8, 4) is 0 Å². The van der Waals surface area contributed by atoms with E-state index in [4.69, 9.17) is 22.2 Å². The fourth-order valence-electron chi connectivity index (χ4n) is 4.44. The lowest BCUT2D eigenvalue weighted by Gasteiger charge is -2.11. The molecule has 0 aliphatic heterocycles. The summed E-state index contributed by atoms with van der Waals surface area (Å²) in [6, 6.07) is 32.9. The summed E-state index contributed by atoms with van der Waals surface area (Å²) < 4.78 is 0. The Morgan fingerprint density at radius 1 is 0.414 bits per heavy atom. The van der Waals surface area contributed by atoms with Gasteiger partial charge in [-0.25, -0.2) is 0 Å². The van der Waals surface area contributed by atoms with Gasteiger partial charge in [0.2, 0.25) is 0 Å². The van der Waals surface area contributed by atoms with Gasteiger partial charge in [0.25, 0.3) is 0 Å². The molecule has 29 heavy (non-hydrogen) atoms. The molecule has 0 aromatic heterocycles. The number of hydrogen-bond donors (Lipinski definition) is 0. The smallest absolute Gasteiger partial charge is 0.140 e. The minimum absolute atomic E-state index is 1.06. The minimum atomic E-state index is -1.57. The lowest BCUT2D eigenvalue weighted by atomic mass is 9.95. The number of halogens is 2. The van der Waals surface area contributed by atoms with Crippen LogP contribution in [0.4, 0.5) is 0 Å². The molecular formula is C26H15Cl2Si. The van der Waals surface area contributed by atoms with Gasteiger partial charge in [-0.1, -0.05) is 54.6 Å². The summed E-state index contributed by atoms with van der Waals surface area (Å²) >= 11 is 12.7. The van der Waals surface area contributed by atoms with Crippen molar-refractivity contribution in [1.82, 2.24) is 0 Å². The van der Waals surface area contributed by atoms with Crippen molar-refractivity contribution in [3.63, 3.8) is 0 Å². The molecule has 0 atom stereocenters. The second-order valence-electron chi connectivity index (χ2n) is 7.55. The topological polar surface area (TPSA) is 0 Å². The summed E-state index contributed by atoms with van der Waals surface area (Å²) in [4.78, 5) is 0. The van der Waals surface area contributed by atoms with E-state index in [0.717, 1.165) is 10.6 Å². The molecule has 0 unspecified atom stereocenters. The molecule has 0 N–H and O–H groups in total.